The van der Waals surface area contributed by atoms with E-state index in [-0.39, 0.29) is 22.1 Å². The zero-order valence-electron chi connectivity index (χ0n) is 15.3. The van der Waals surface area contributed by atoms with E-state index in [0.29, 0.717) is 17.2 Å². The van der Waals surface area contributed by atoms with Crippen molar-refractivity contribution >= 4 is 26.7 Å². The molecule has 0 aliphatic heterocycles. The third-order valence-electron chi connectivity index (χ3n) is 4.43. The molecule has 1 amide bonds. The summed E-state index contributed by atoms with van der Waals surface area (Å²) in [6, 6.07) is 11.5. The largest absolute Gasteiger partial charge is 0.449 e. The third kappa shape index (κ3) is 3.79. The molecule has 0 radical (unpaired) electrons. The van der Waals surface area contributed by atoms with E-state index in [0.717, 1.165) is 17.5 Å². The molecule has 4 aromatic rings. The molecule has 0 aliphatic rings. The van der Waals surface area contributed by atoms with Gasteiger partial charge in [-0.3, -0.25) is 9.78 Å². The van der Waals surface area contributed by atoms with Gasteiger partial charge in [-0.1, -0.05) is 12.1 Å². The number of sulfone groups is 1. The highest BCUT2D eigenvalue weighted by Crippen LogP contribution is 2.23. The number of carbonyl (C=O) groups is 1. The Bertz CT molecular complexity index is 1320. The molecule has 152 valence electrons. The molecule has 30 heavy (non-hydrogen) atoms. The number of furan rings is 1. The highest BCUT2D eigenvalue weighted by molar-refractivity contribution is 7.91. The number of nitrogens with one attached hydrogen (secondary N) is 1. The molecule has 9 heteroatoms. The fourth-order valence-corrected chi connectivity index (χ4v) is 4.10. The molecule has 1 N–H and O–H groups in total. The normalized spacial score (nSPS) is 11.5. The van der Waals surface area contributed by atoms with Crippen LogP contribution in [0.2, 0.25) is 0 Å². The van der Waals surface area contributed by atoms with Crippen LogP contribution in [0.15, 0.2) is 81.2 Å². The van der Waals surface area contributed by atoms with Crippen molar-refractivity contribution in [2.24, 2.45) is 0 Å². The first-order valence-corrected chi connectivity index (χ1v) is 10.2. The summed E-state index contributed by atoms with van der Waals surface area (Å²) in [6.07, 6.45) is 3.10. The lowest BCUT2D eigenvalue weighted by molar-refractivity contribution is 0.0925. The van der Waals surface area contributed by atoms with Crippen molar-refractivity contribution in [3.8, 4) is 0 Å². The second kappa shape index (κ2) is 7.68. The maximum Gasteiger partial charge on any atom is 0.287 e. The second-order valence-electron chi connectivity index (χ2n) is 6.43. The second-order valence-corrected chi connectivity index (χ2v) is 8.38. The molecular formula is C21H14F2N2O4S. The molecule has 0 spiro atoms. The maximum absolute atomic E-state index is 13.4. The number of carbonyl (C=O) groups excluding carboxylic acids is 1. The summed E-state index contributed by atoms with van der Waals surface area (Å²) in [5.74, 6) is -2.65. The van der Waals surface area contributed by atoms with Gasteiger partial charge in [0.1, 0.15) is 0 Å². The summed E-state index contributed by atoms with van der Waals surface area (Å²) in [4.78, 5) is 15.8. The topological polar surface area (TPSA) is 89.3 Å². The lowest BCUT2D eigenvalue weighted by Crippen LogP contribution is -2.22. The Kier molecular flexibility index (Phi) is 5.04. The van der Waals surface area contributed by atoms with Crippen LogP contribution in [-0.2, 0) is 16.4 Å². The van der Waals surface area contributed by atoms with Crippen LogP contribution in [0.5, 0.6) is 0 Å². The fraction of sp³-hybridized carbons (Fsp3) is 0.0476. The molecule has 0 bridgehead atoms. The zero-order valence-corrected chi connectivity index (χ0v) is 16.1. The number of rotatable bonds is 5. The fourth-order valence-electron chi connectivity index (χ4n) is 2.83. The van der Waals surface area contributed by atoms with Crippen LogP contribution in [0.4, 0.5) is 8.78 Å². The Hall–Kier alpha value is -3.59. The van der Waals surface area contributed by atoms with Gasteiger partial charge in [0.05, 0.1) is 16.0 Å². The van der Waals surface area contributed by atoms with Crippen molar-refractivity contribution in [1.82, 2.24) is 10.3 Å². The zero-order chi connectivity index (χ0) is 21.3. The van der Waals surface area contributed by atoms with E-state index in [9.17, 15) is 22.0 Å². The van der Waals surface area contributed by atoms with Gasteiger partial charge in [-0.25, -0.2) is 17.2 Å². The van der Waals surface area contributed by atoms with Gasteiger partial charge in [0.15, 0.2) is 23.0 Å². The summed E-state index contributed by atoms with van der Waals surface area (Å²) in [7, 11) is -4.00. The highest BCUT2D eigenvalue weighted by Gasteiger charge is 2.19. The van der Waals surface area contributed by atoms with E-state index in [4.69, 9.17) is 4.42 Å². The summed E-state index contributed by atoms with van der Waals surface area (Å²) >= 11 is 0. The van der Waals surface area contributed by atoms with Crippen LogP contribution in [0.3, 0.4) is 0 Å². The molecule has 2 heterocycles. The van der Waals surface area contributed by atoms with E-state index in [1.54, 1.807) is 18.3 Å². The lowest BCUT2D eigenvalue weighted by Gasteiger charge is -2.07. The third-order valence-corrected chi connectivity index (χ3v) is 6.20. The average molecular weight is 428 g/mol. The molecular weight excluding hydrogens is 414 g/mol. The minimum atomic E-state index is -4.00. The van der Waals surface area contributed by atoms with Crippen LogP contribution in [-0.4, -0.2) is 19.3 Å². The molecule has 0 unspecified atom stereocenters. The molecule has 0 aliphatic carbocycles. The highest BCUT2D eigenvalue weighted by atomic mass is 32.2. The number of aromatic nitrogens is 1. The minimum Gasteiger partial charge on any atom is -0.449 e. The first kappa shape index (κ1) is 19.7. The Morgan fingerprint density at radius 2 is 1.70 bits per heavy atom. The number of hydrogen-bond acceptors (Lipinski definition) is 5. The van der Waals surface area contributed by atoms with E-state index in [2.05, 4.69) is 10.3 Å². The molecule has 6 nitrogen and oxygen atoms in total. The summed E-state index contributed by atoms with van der Waals surface area (Å²) in [5.41, 5.74) is 1.14. The van der Waals surface area contributed by atoms with Gasteiger partial charge in [-0.15, -0.1) is 0 Å². The standard InChI is InChI=1S/C21H14F2N2O4S/c22-17-6-5-16(10-18(17)23)30(27,28)15-3-1-13(2-4-15)11-25-21(26)19-9-14-7-8-24-12-20(14)29-19/h1-10,12H,11H2,(H,25,26). The van der Waals surface area contributed by atoms with Crippen LogP contribution < -0.4 is 5.32 Å². The Labute approximate surface area is 170 Å². The molecule has 0 saturated heterocycles. The van der Waals surface area contributed by atoms with Crippen molar-refractivity contribution in [3.05, 3.63) is 89.9 Å². The number of pyridine rings is 1. The SMILES string of the molecule is O=C(NCc1ccc(S(=O)(=O)c2ccc(F)c(F)c2)cc1)c1cc2ccncc2o1. The maximum atomic E-state index is 13.4. The van der Waals surface area contributed by atoms with Gasteiger partial charge in [-0.2, -0.15) is 0 Å². The van der Waals surface area contributed by atoms with Gasteiger partial charge < -0.3 is 9.73 Å². The van der Waals surface area contributed by atoms with Gasteiger partial charge in [0, 0.05) is 18.1 Å². The average Bonchev–Trinajstić information content (AvgIpc) is 3.18. The Morgan fingerprint density at radius 1 is 0.967 bits per heavy atom. The number of hydrogen-bond donors (Lipinski definition) is 1. The van der Waals surface area contributed by atoms with Crippen molar-refractivity contribution < 1.29 is 26.4 Å². The van der Waals surface area contributed by atoms with Crippen molar-refractivity contribution in [1.29, 1.82) is 0 Å². The van der Waals surface area contributed by atoms with E-state index in [1.807, 2.05) is 0 Å². The minimum absolute atomic E-state index is 0.0756. The summed E-state index contributed by atoms with van der Waals surface area (Å²) in [6.45, 7) is 0.139. The molecule has 0 atom stereocenters. The van der Waals surface area contributed by atoms with Gasteiger partial charge in [0.25, 0.3) is 5.91 Å². The summed E-state index contributed by atoms with van der Waals surface area (Å²) in [5, 5.41) is 3.44. The van der Waals surface area contributed by atoms with Crippen LogP contribution in [0, 0.1) is 11.6 Å². The summed E-state index contributed by atoms with van der Waals surface area (Å²) < 4.78 is 57.0. The van der Waals surface area contributed by atoms with Crippen LogP contribution in [0.25, 0.3) is 11.0 Å². The van der Waals surface area contributed by atoms with E-state index >= 15 is 0 Å². The molecule has 2 aromatic heterocycles. The lowest BCUT2D eigenvalue weighted by atomic mass is 10.2. The van der Waals surface area contributed by atoms with Crippen LogP contribution in [0.1, 0.15) is 16.1 Å². The van der Waals surface area contributed by atoms with Gasteiger partial charge in [0.2, 0.25) is 9.84 Å². The van der Waals surface area contributed by atoms with Gasteiger partial charge in [-0.05, 0) is 48.0 Å². The number of fused-ring (bicyclic) bond motifs is 1. The number of benzene rings is 2. The first-order valence-electron chi connectivity index (χ1n) is 8.75. The number of nitrogens with zero attached hydrogens (tertiary/aromatic N) is 1. The molecule has 2 aromatic carbocycles. The van der Waals surface area contributed by atoms with Crippen molar-refractivity contribution in [3.63, 3.8) is 0 Å². The van der Waals surface area contributed by atoms with Crippen molar-refractivity contribution in [2.75, 3.05) is 0 Å². The predicted molar refractivity (Wildman–Crippen MR) is 103 cm³/mol. The first-order chi connectivity index (χ1) is 14.3. The monoisotopic (exact) mass is 428 g/mol. The Balaban J connectivity index is 1.46. The smallest absolute Gasteiger partial charge is 0.287 e. The quantitative estimate of drug-likeness (QED) is 0.488. The molecule has 0 saturated carbocycles. The molecule has 4 rings (SSSR count). The van der Waals surface area contributed by atoms with E-state index < -0.39 is 27.4 Å². The van der Waals surface area contributed by atoms with Crippen molar-refractivity contribution in [2.45, 2.75) is 16.3 Å². The van der Waals surface area contributed by atoms with Crippen LogP contribution >= 0.6 is 0 Å². The Morgan fingerprint density at radius 3 is 2.40 bits per heavy atom. The molecule has 0 fully saturated rings. The van der Waals surface area contributed by atoms with E-state index in [1.165, 1.54) is 30.5 Å². The number of halogens is 2. The predicted octanol–water partition coefficient (Wildman–Crippen LogP) is 3.87. The van der Waals surface area contributed by atoms with Gasteiger partial charge >= 0.3 is 0 Å². The number of amides is 1.